The zero-order chi connectivity index (χ0) is 22.2. The first kappa shape index (κ1) is 22.1. The topological polar surface area (TPSA) is 98.8 Å². The van der Waals surface area contributed by atoms with Crippen molar-refractivity contribution in [2.75, 3.05) is 32.7 Å². The number of aromatic nitrogens is 1. The van der Waals surface area contributed by atoms with Crippen LogP contribution in [-0.2, 0) is 4.79 Å². The summed E-state index contributed by atoms with van der Waals surface area (Å²) in [7, 11) is 3.14. The van der Waals surface area contributed by atoms with Gasteiger partial charge in [-0.05, 0) is 37.3 Å². The number of methoxy groups -OCH3 is 2. The van der Waals surface area contributed by atoms with Crippen molar-refractivity contribution in [2.45, 2.75) is 6.92 Å². The Balaban J connectivity index is 1.60. The molecule has 0 atom stereocenters. The average molecular weight is 442 g/mol. The van der Waals surface area contributed by atoms with E-state index in [0.717, 1.165) is 5.56 Å². The largest absolute Gasteiger partial charge is 0.493 e. The van der Waals surface area contributed by atoms with Crippen molar-refractivity contribution in [1.82, 2.24) is 10.3 Å². The van der Waals surface area contributed by atoms with Gasteiger partial charge in [0.05, 0.1) is 38.6 Å². The van der Waals surface area contributed by atoms with Gasteiger partial charge in [-0.25, -0.2) is 4.98 Å². The van der Waals surface area contributed by atoms with E-state index in [2.05, 4.69) is 15.6 Å². The van der Waals surface area contributed by atoms with Gasteiger partial charge in [0.15, 0.2) is 16.6 Å². The van der Waals surface area contributed by atoms with E-state index in [1.807, 2.05) is 24.4 Å². The van der Waals surface area contributed by atoms with E-state index in [1.165, 1.54) is 11.3 Å². The van der Waals surface area contributed by atoms with Crippen LogP contribution in [0.25, 0.3) is 11.3 Å². The molecule has 2 amide bonds. The zero-order valence-corrected chi connectivity index (χ0v) is 18.2. The molecule has 3 rings (SSSR count). The molecule has 2 N–H and O–H groups in total. The number of thiazole rings is 1. The lowest BCUT2D eigenvalue weighted by atomic mass is 10.1. The van der Waals surface area contributed by atoms with Crippen molar-refractivity contribution >= 4 is 28.3 Å². The lowest BCUT2D eigenvalue weighted by molar-refractivity contribution is -0.115. The molecule has 162 valence electrons. The highest BCUT2D eigenvalue weighted by Crippen LogP contribution is 2.33. The number of hydrogen-bond donors (Lipinski definition) is 2. The monoisotopic (exact) mass is 441 g/mol. The molecule has 0 aliphatic heterocycles. The molecule has 1 heterocycles. The summed E-state index contributed by atoms with van der Waals surface area (Å²) >= 11 is 1.29. The summed E-state index contributed by atoms with van der Waals surface area (Å²) in [6.45, 7) is 2.09. The highest BCUT2D eigenvalue weighted by atomic mass is 32.1. The number of carbonyl (C=O) groups excluding carboxylic acids is 2. The molecule has 0 saturated heterocycles. The van der Waals surface area contributed by atoms with E-state index in [9.17, 15) is 9.59 Å². The molecule has 0 radical (unpaired) electrons. The van der Waals surface area contributed by atoms with Crippen LogP contribution in [0, 0.1) is 0 Å². The summed E-state index contributed by atoms with van der Waals surface area (Å²) in [5.74, 6) is 0.924. The Morgan fingerprint density at radius 3 is 2.55 bits per heavy atom. The summed E-state index contributed by atoms with van der Waals surface area (Å²) < 4.78 is 16.0. The molecule has 0 aliphatic carbocycles. The summed E-state index contributed by atoms with van der Waals surface area (Å²) in [6, 6.07) is 12.4. The number of nitrogens with one attached hydrogen (secondary N) is 2. The zero-order valence-electron chi connectivity index (χ0n) is 17.4. The molecule has 31 heavy (non-hydrogen) atoms. The summed E-state index contributed by atoms with van der Waals surface area (Å²) in [4.78, 5) is 29.1. The van der Waals surface area contributed by atoms with Crippen molar-refractivity contribution in [3.8, 4) is 28.5 Å². The van der Waals surface area contributed by atoms with Crippen molar-refractivity contribution in [3.05, 3.63) is 53.4 Å². The van der Waals surface area contributed by atoms with Gasteiger partial charge in [-0.2, -0.15) is 0 Å². The number of anilines is 1. The van der Waals surface area contributed by atoms with Crippen molar-refractivity contribution < 1.29 is 23.8 Å². The Morgan fingerprint density at radius 2 is 1.81 bits per heavy atom. The lowest BCUT2D eigenvalue weighted by Crippen LogP contribution is -2.33. The molecule has 8 nitrogen and oxygen atoms in total. The third kappa shape index (κ3) is 5.52. The predicted molar refractivity (Wildman–Crippen MR) is 119 cm³/mol. The molecular weight excluding hydrogens is 418 g/mol. The lowest BCUT2D eigenvalue weighted by Gasteiger charge is -2.10. The Kier molecular flexibility index (Phi) is 7.45. The van der Waals surface area contributed by atoms with Gasteiger partial charge in [-0.1, -0.05) is 12.1 Å². The van der Waals surface area contributed by atoms with Crippen LogP contribution in [0.2, 0.25) is 0 Å². The predicted octanol–water partition coefficient (Wildman–Crippen LogP) is 3.59. The van der Waals surface area contributed by atoms with Gasteiger partial charge in [0, 0.05) is 10.9 Å². The number of benzene rings is 2. The molecule has 0 saturated carbocycles. The van der Waals surface area contributed by atoms with Crippen molar-refractivity contribution in [2.24, 2.45) is 0 Å². The van der Waals surface area contributed by atoms with E-state index in [1.54, 1.807) is 44.6 Å². The number of amides is 2. The highest BCUT2D eigenvalue weighted by Gasteiger charge is 2.14. The van der Waals surface area contributed by atoms with Gasteiger partial charge >= 0.3 is 0 Å². The smallest absolute Gasteiger partial charge is 0.255 e. The number of para-hydroxylation sites is 1. The van der Waals surface area contributed by atoms with E-state index >= 15 is 0 Å². The third-order valence-corrected chi connectivity index (χ3v) is 5.03. The molecule has 0 spiro atoms. The maximum atomic E-state index is 12.4. The van der Waals surface area contributed by atoms with Crippen molar-refractivity contribution in [1.29, 1.82) is 0 Å². The normalized spacial score (nSPS) is 10.3. The van der Waals surface area contributed by atoms with Gasteiger partial charge in [0.25, 0.3) is 5.91 Å². The number of nitrogens with zero attached hydrogens (tertiary/aromatic N) is 1. The number of carbonyl (C=O) groups is 2. The standard InChI is InChI=1S/C22H23N3O5S/c1-4-30-17-8-6-5-7-15(17)21(27)23-12-20(26)25-22-24-16(13-31-22)14-9-10-18(28-2)19(11-14)29-3/h5-11,13H,4,12H2,1-3H3,(H,23,27)(H,24,25,26). The van der Waals surface area contributed by atoms with Crippen LogP contribution >= 0.6 is 11.3 Å². The fourth-order valence-electron chi connectivity index (χ4n) is 2.81. The molecular formula is C22H23N3O5S. The second kappa shape index (κ2) is 10.4. The first-order valence-electron chi connectivity index (χ1n) is 9.53. The maximum Gasteiger partial charge on any atom is 0.255 e. The minimum atomic E-state index is -0.385. The minimum absolute atomic E-state index is 0.190. The maximum absolute atomic E-state index is 12.4. The van der Waals surface area contributed by atoms with Crippen molar-refractivity contribution in [3.63, 3.8) is 0 Å². The van der Waals surface area contributed by atoms with E-state index in [4.69, 9.17) is 14.2 Å². The Labute approximate surface area is 184 Å². The van der Waals surface area contributed by atoms with Gasteiger partial charge in [-0.3, -0.25) is 9.59 Å². The molecule has 0 fully saturated rings. The molecule has 1 aromatic heterocycles. The fraction of sp³-hybridized carbons (Fsp3) is 0.227. The summed E-state index contributed by atoms with van der Waals surface area (Å²) in [5, 5.41) is 7.55. The quantitative estimate of drug-likeness (QED) is 0.527. The first-order chi connectivity index (χ1) is 15.0. The van der Waals surface area contributed by atoms with Crippen LogP contribution in [0.5, 0.6) is 17.2 Å². The van der Waals surface area contributed by atoms with Gasteiger partial charge in [0.2, 0.25) is 5.91 Å². The van der Waals surface area contributed by atoms with Crippen LogP contribution in [-0.4, -0.2) is 44.2 Å². The molecule has 0 aliphatic rings. The molecule has 3 aromatic rings. The number of rotatable bonds is 9. The first-order valence-corrected chi connectivity index (χ1v) is 10.4. The number of ether oxygens (including phenoxy) is 3. The second-order valence-corrected chi connectivity index (χ2v) is 7.13. The van der Waals surface area contributed by atoms with Crippen LogP contribution in [0.15, 0.2) is 47.8 Å². The van der Waals surface area contributed by atoms with Crippen LogP contribution < -0.4 is 24.8 Å². The van der Waals surface area contributed by atoms with E-state index in [0.29, 0.717) is 40.2 Å². The average Bonchev–Trinajstić information content (AvgIpc) is 3.26. The second-order valence-electron chi connectivity index (χ2n) is 6.27. The van der Waals surface area contributed by atoms with E-state index in [-0.39, 0.29) is 18.4 Å². The minimum Gasteiger partial charge on any atom is -0.493 e. The summed E-state index contributed by atoms with van der Waals surface area (Å²) in [5.41, 5.74) is 1.90. The molecule has 0 unspecified atom stereocenters. The van der Waals surface area contributed by atoms with Crippen LogP contribution in [0.4, 0.5) is 5.13 Å². The van der Waals surface area contributed by atoms with E-state index < -0.39 is 0 Å². The molecule has 0 bridgehead atoms. The third-order valence-electron chi connectivity index (χ3n) is 4.27. The fourth-order valence-corrected chi connectivity index (χ4v) is 3.55. The van der Waals surface area contributed by atoms with Gasteiger partial charge in [0.1, 0.15) is 5.75 Å². The summed E-state index contributed by atoms with van der Waals surface area (Å²) in [6.07, 6.45) is 0. The van der Waals surface area contributed by atoms with Gasteiger partial charge < -0.3 is 24.8 Å². The Morgan fingerprint density at radius 1 is 1.03 bits per heavy atom. The van der Waals surface area contributed by atoms with Gasteiger partial charge in [-0.15, -0.1) is 11.3 Å². The Bertz CT molecular complexity index is 1070. The van der Waals surface area contributed by atoms with Crippen LogP contribution in [0.1, 0.15) is 17.3 Å². The Hall–Kier alpha value is -3.59. The molecule has 9 heteroatoms. The number of hydrogen-bond acceptors (Lipinski definition) is 7. The van der Waals surface area contributed by atoms with Crippen LogP contribution in [0.3, 0.4) is 0 Å². The highest BCUT2D eigenvalue weighted by molar-refractivity contribution is 7.14. The molecule has 2 aromatic carbocycles. The SMILES string of the molecule is CCOc1ccccc1C(=O)NCC(=O)Nc1nc(-c2ccc(OC)c(OC)c2)cs1.